The molecule has 1 aromatic carbocycles. The van der Waals surface area contributed by atoms with E-state index in [0.29, 0.717) is 15.8 Å². The van der Waals surface area contributed by atoms with Crippen molar-refractivity contribution in [1.82, 2.24) is 5.32 Å². The second-order valence-electron chi connectivity index (χ2n) is 4.66. The van der Waals surface area contributed by atoms with Crippen LogP contribution in [0.1, 0.15) is 20.8 Å². The monoisotopic (exact) mass is 275 g/mol. The summed E-state index contributed by atoms with van der Waals surface area (Å²) in [5.74, 6) is 0.205. The van der Waals surface area contributed by atoms with Crippen LogP contribution in [0.2, 0.25) is 10.0 Å². The van der Waals surface area contributed by atoms with E-state index in [2.05, 4.69) is 5.32 Å². The van der Waals surface area contributed by atoms with Crippen molar-refractivity contribution in [2.75, 3.05) is 6.61 Å². The number of carbonyl (C=O) groups excluding carboxylic acids is 1. The van der Waals surface area contributed by atoms with E-state index in [4.69, 9.17) is 27.9 Å². The Kier molecular flexibility index (Phi) is 4.66. The maximum absolute atomic E-state index is 11.5. The molecule has 0 aliphatic heterocycles. The second-order valence-corrected chi connectivity index (χ2v) is 5.51. The van der Waals surface area contributed by atoms with Gasteiger partial charge in [-0.15, -0.1) is 0 Å². The minimum atomic E-state index is -0.279. The van der Waals surface area contributed by atoms with Crippen LogP contribution in [0.15, 0.2) is 18.2 Å². The molecule has 0 saturated carbocycles. The normalized spacial score (nSPS) is 11.1. The summed E-state index contributed by atoms with van der Waals surface area (Å²) in [6, 6.07) is 4.86. The summed E-state index contributed by atoms with van der Waals surface area (Å²) < 4.78 is 5.30. The average Bonchev–Trinajstić information content (AvgIpc) is 2.17. The molecular formula is C12H15Cl2NO2. The molecule has 1 amide bonds. The molecule has 0 saturated heterocycles. The van der Waals surface area contributed by atoms with Gasteiger partial charge in [0.1, 0.15) is 5.75 Å². The van der Waals surface area contributed by atoms with Crippen LogP contribution in [0.5, 0.6) is 5.75 Å². The van der Waals surface area contributed by atoms with Gasteiger partial charge in [-0.05, 0) is 32.9 Å². The first-order chi connectivity index (χ1) is 7.78. The Hall–Kier alpha value is -0.930. The molecule has 5 heteroatoms. The molecule has 1 aromatic rings. The first-order valence-electron chi connectivity index (χ1n) is 5.17. The fourth-order valence-corrected chi connectivity index (χ4v) is 1.52. The highest BCUT2D eigenvalue weighted by Gasteiger charge is 2.14. The lowest BCUT2D eigenvalue weighted by Crippen LogP contribution is -2.43. The molecule has 0 atom stereocenters. The Bertz CT molecular complexity index is 413. The quantitative estimate of drug-likeness (QED) is 0.920. The largest absolute Gasteiger partial charge is 0.482 e. The molecule has 0 aromatic heterocycles. The number of hydrogen-bond donors (Lipinski definition) is 1. The standard InChI is InChI=1S/C12H15Cl2NO2/c1-12(2,3)15-11(16)7-17-10-6-8(13)4-5-9(10)14/h4-6H,7H2,1-3H3,(H,15,16). The van der Waals surface area contributed by atoms with Crippen molar-refractivity contribution in [3.8, 4) is 5.75 Å². The zero-order chi connectivity index (χ0) is 13.1. The van der Waals surface area contributed by atoms with Crippen LogP contribution in [-0.2, 0) is 4.79 Å². The third-order valence-electron chi connectivity index (χ3n) is 1.77. The van der Waals surface area contributed by atoms with Crippen LogP contribution in [0, 0.1) is 0 Å². The summed E-state index contributed by atoms with van der Waals surface area (Å²) >= 11 is 11.7. The van der Waals surface area contributed by atoms with E-state index < -0.39 is 0 Å². The highest BCUT2D eigenvalue weighted by atomic mass is 35.5. The summed E-state index contributed by atoms with van der Waals surface area (Å²) in [5.41, 5.74) is -0.279. The highest BCUT2D eigenvalue weighted by Crippen LogP contribution is 2.27. The molecule has 3 nitrogen and oxygen atoms in total. The smallest absolute Gasteiger partial charge is 0.258 e. The predicted octanol–water partition coefficient (Wildman–Crippen LogP) is 3.29. The molecule has 0 aliphatic rings. The maximum atomic E-state index is 11.5. The van der Waals surface area contributed by atoms with Crippen molar-refractivity contribution < 1.29 is 9.53 Å². The lowest BCUT2D eigenvalue weighted by Gasteiger charge is -2.20. The predicted molar refractivity (Wildman–Crippen MR) is 69.9 cm³/mol. The van der Waals surface area contributed by atoms with Crippen LogP contribution >= 0.6 is 23.2 Å². The van der Waals surface area contributed by atoms with Gasteiger partial charge < -0.3 is 10.1 Å². The van der Waals surface area contributed by atoms with Gasteiger partial charge in [0.15, 0.2) is 6.61 Å². The van der Waals surface area contributed by atoms with E-state index >= 15 is 0 Å². The molecule has 0 aliphatic carbocycles. The molecule has 17 heavy (non-hydrogen) atoms. The molecular weight excluding hydrogens is 261 g/mol. The number of rotatable bonds is 3. The van der Waals surface area contributed by atoms with Crippen molar-refractivity contribution in [3.63, 3.8) is 0 Å². The van der Waals surface area contributed by atoms with E-state index in [-0.39, 0.29) is 18.1 Å². The molecule has 0 radical (unpaired) electrons. The van der Waals surface area contributed by atoms with Gasteiger partial charge in [0.2, 0.25) is 0 Å². The molecule has 1 N–H and O–H groups in total. The van der Waals surface area contributed by atoms with Gasteiger partial charge in [-0.25, -0.2) is 0 Å². The van der Waals surface area contributed by atoms with E-state index in [1.165, 1.54) is 0 Å². The lowest BCUT2D eigenvalue weighted by molar-refractivity contribution is -0.124. The average molecular weight is 276 g/mol. The van der Waals surface area contributed by atoms with Crippen LogP contribution < -0.4 is 10.1 Å². The van der Waals surface area contributed by atoms with Gasteiger partial charge in [-0.3, -0.25) is 4.79 Å². The molecule has 0 heterocycles. The second kappa shape index (κ2) is 5.61. The molecule has 0 spiro atoms. The zero-order valence-corrected chi connectivity index (χ0v) is 11.5. The van der Waals surface area contributed by atoms with Crippen molar-refractivity contribution in [2.45, 2.75) is 26.3 Å². The fraction of sp³-hybridized carbons (Fsp3) is 0.417. The van der Waals surface area contributed by atoms with Gasteiger partial charge >= 0.3 is 0 Å². The number of nitrogens with one attached hydrogen (secondary N) is 1. The van der Waals surface area contributed by atoms with Crippen molar-refractivity contribution in [3.05, 3.63) is 28.2 Å². The zero-order valence-electron chi connectivity index (χ0n) is 10.0. The third kappa shape index (κ3) is 5.29. The number of halogens is 2. The van der Waals surface area contributed by atoms with E-state index in [9.17, 15) is 4.79 Å². The summed E-state index contributed by atoms with van der Waals surface area (Å²) in [5, 5.41) is 3.73. The topological polar surface area (TPSA) is 38.3 Å². The highest BCUT2D eigenvalue weighted by molar-refractivity contribution is 6.34. The van der Waals surface area contributed by atoms with Crippen molar-refractivity contribution in [2.24, 2.45) is 0 Å². The SMILES string of the molecule is CC(C)(C)NC(=O)COc1cc(Cl)ccc1Cl. The molecule has 0 bridgehead atoms. The number of carbonyl (C=O) groups is 1. The van der Waals surface area contributed by atoms with Crippen LogP contribution in [0.4, 0.5) is 0 Å². The van der Waals surface area contributed by atoms with Gasteiger partial charge in [-0.2, -0.15) is 0 Å². The first kappa shape index (κ1) is 14.1. The molecule has 94 valence electrons. The van der Waals surface area contributed by atoms with Crippen molar-refractivity contribution >= 4 is 29.1 Å². The van der Waals surface area contributed by atoms with Gasteiger partial charge in [0.05, 0.1) is 5.02 Å². The maximum Gasteiger partial charge on any atom is 0.258 e. The number of benzene rings is 1. The Morgan fingerprint density at radius 2 is 2.00 bits per heavy atom. The first-order valence-corrected chi connectivity index (χ1v) is 5.92. The number of hydrogen-bond acceptors (Lipinski definition) is 2. The fourth-order valence-electron chi connectivity index (χ4n) is 1.19. The Morgan fingerprint density at radius 3 is 2.59 bits per heavy atom. The number of amides is 1. The molecule has 1 rings (SSSR count). The molecule has 0 unspecified atom stereocenters. The minimum absolute atomic E-state index is 0.0860. The lowest BCUT2D eigenvalue weighted by atomic mass is 10.1. The third-order valence-corrected chi connectivity index (χ3v) is 2.31. The van der Waals surface area contributed by atoms with Gasteiger partial charge in [-0.1, -0.05) is 23.2 Å². The molecule has 0 fully saturated rings. The summed E-state index contributed by atoms with van der Waals surface area (Å²) in [7, 11) is 0. The number of ether oxygens (including phenoxy) is 1. The Labute approximate surface area is 111 Å². The Balaban J connectivity index is 2.56. The van der Waals surface area contributed by atoms with Gasteiger partial charge in [0.25, 0.3) is 5.91 Å². The van der Waals surface area contributed by atoms with E-state index in [1.54, 1.807) is 18.2 Å². The van der Waals surface area contributed by atoms with Crippen LogP contribution in [-0.4, -0.2) is 18.1 Å². The van der Waals surface area contributed by atoms with E-state index in [0.717, 1.165) is 0 Å². The van der Waals surface area contributed by atoms with Crippen LogP contribution in [0.3, 0.4) is 0 Å². The Morgan fingerprint density at radius 1 is 1.35 bits per heavy atom. The summed E-state index contributed by atoms with van der Waals surface area (Å²) in [6.45, 7) is 5.61. The summed E-state index contributed by atoms with van der Waals surface area (Å²) in [6.07, 6.45) is 0. The van der Waals surface area contributed by atoms with Crippen molar-refractivity contribution in [1.29, 1.82) is 0 Å². The minimum Gasteiger partial charge on any atom is -0.482 e. The van der Waals surface area contributed by atoms with Crippen LogP contribution in [0.25, 0.3) is 0 Å². The van der Waals surface area contributed by atoms with E-state index in [1.807, 2.05) is 20.8 Å². The van der Waals surface area contributed by atoms with Gasteiger partial charge in [0, 0.05) is 16.6 Å². The summed E-state index contributed by atoms with van der Waals surface area (Å²) in [4.78, 5) is 11.5.